The fourth-order valence-electron chi connectivity index (χ4n) is 2.90. The average molecular weight is 364 g/mol. The van der Waals surface area contributed by atoms with Crippen LogP contribution in [0, 0.1) is 6.92 Å². The lowest BCUT2D eigenvalue weighted by atomic mass is 10.2. The smallest absolute Gasteiger partial charge is 0.254 e. The Morgan fingerprint density at radius 1 is 1.00 bits per heavy atom. The molecule has 0 saturated carbocycles. The number of rotatable bonds is 4. The molecule has 2 heterocycles. The molecule has 0 amide bonds. The Labute approximate surface area is 156 Å². The predicted molar refractivity (Wildman–Crippen MR) is 105 cm³/mol. The molecule has 0 radical (unpaired) electrons. The van der Waals surface area contributed by atoms with Crippen LogP contribution in [-0.4, -0.2) is 26.6 Å². The van der Waals surface area contributed by atoms with Crippen LogP contribution in [0.15, 0.2) is 60.7 Å². The third kappa shape index (κ3) is 3.26. The lowest BCUT2D eigenvalue weighted by Crippen LogP contribution is -2.20. The van der Waals surface area contributed by atoms with Gasteiger partial charge in [-0.25, -0.2) is 4.98 Å². The van der Waals surface area contributed by atoms with Crippen molar-refractivity contribution in [3.05, 3.63) is 76.9 Å². The molecule has 2 aromatic heterocycles. The van der Waals surface area contributed by atoms with Gasteiger partial charge in [0.2, 0.25) is 0 Å². The van der Waals surface area contributed by atoms with Crippen molar-refractivity contribution in [1.82, 2.24) is 19.6 Å². The van der Waals surface area contributed by atoms with E-state index in [9.17, 15) is 0 Å². The highest BCUT2D eigenvalue weighted by atomic mass is 35.5. The molecule has 0 atom stereocenters. The highest BCUT2D eigenvalue weighted by molar-refractivity contribution is 6.30. The molecule has 0 spiro atoms. The summed E-state index contributed by atoms with van der Waals surface area (Å²) >= 11 is 5.98. The predicted octanol–water partition coefficient (Wildman–Crippen LogP) is 4.39. The molecule has 4 aromatic rings. The van der Waals surface area contributed by atoms with Gasteiger partial charge in [-0.05, 0) is 36.8 Å². The minimum atomic E-state index is 0.588. The Hall–Kier alpha value is -2.92. The number of fused-ring (bicyclic) bond motifs is 1. The molecular formula is C20H18ClN5. The molecule has 5 nitrogen and oxygen atoms in total. The Morgan fingerprint density at radius 3 is 2.46 bits per heavy atom. The van der Waals surface area contributed by atoms with E-state index >= 15 is 0 Å². The van der Waals surface area contributed by atoms with E-state index in [4.69, 9.17) is 11.6 Å². The van der Waals surface area contributed by atoms with Crippen molar-refractivity contribution >= 4 is 23.2 Å². The minimum absolute atomic E-state index is 0.588. The van der Waals surface area contributed by atoms with E-state index in [0.29, 0.717) is 16.6 Å². The first-order valence-corrected chi connectivity index (χ1v) is 8.73. The van der Waals surface area contributed by atoms with Crippen LogP contribution in [-0.2, 0) is 6.54 Å². The molecule has 2 aromatic carbocycles. The molecule has 6 heteroatoms. The zero-order chi connectivity index (χ0) is 18.1. The van der Waals surface area contributed by atoms with Gasteiger partial charge in [0.1, 0.15) is 5.82 Å². The van der Waals surface area contributed by atoms with Gasteiger partial charge in [-0.2, -0.15) is 9.50 Å². The van der Waals surface area contributed by atoms with Gasteiger partial charge in [0.05, 0.1) is 0 Å². The first kappa shape index (κ1) is 16.5. The normalized spacial score (nSPS) is 11.0. The van der Waals surface area contributed by atoms with Crippen molar-refractivity contribution in [2.24, 2.45) is 0 Å². The van der Waals surface area contributed by atoms with Crippen LogP contribution < -0.4 is 4.90 Å². The second-order valence-electron chi connectivity index (χ2n) is 6.25. The van der Waals surface area contributed by atoms with Gasteiger partial charge in [0, 0.05) is 35.9 Å². The summed E-state index contributed by atoms with van der Waals surface area (Å²) in [5.74, 6) is 2.17. The number of nitrogens with zero attached hydrogens (tertiary/aromatic N) is 5. The third-order valence-corrected chi connectivity index (χ3v) is 4.43. The van der Waals surface area contributed by atoms with Crippen molar-refractivity contribution in [1.29, 1.82) is 0 Å². The van der Waals surface area contributed by atoms with Gasteiger partial charge in [0.25, 0.3) is 5.78 Å². The van der Waals surface area contributed by atoms with Crippen molar-refractivity contribution < 1.29 is 0 Å². The second-order valence-corrected chi connectivity index (χ2v) is 6.69. The van der Waals surface area contributed by atoms with Crippen LogP contribution in [0.1, 0.15) is 11.3 Å². The summed E-state index contributed by atoms with van der Waals surface area (Å²) in [6.07, 6.45) is 0. The first-order chi connectivity index (χ1) is 12.6. The van der Waals surface area contributed by atoms with E-state index in [0.717, 1.165) is 23.6 Å². The second kappa shape index (κ2) is 6.77. The fourth-order valence-corrected chi connectivity index (χ4v) is 3.03. The number of aryl methyl sites for hydroxylation is 1. The minimum Gasteiger partial charge on any atom is -0.355 e. The van der Waals surface area contributed by atoms with Crippen LogP contribution in [0.25, 0.3) is 17.2 Å². The molecule has 26 heavy (non-hydrogen) atoms. The summed E-state index contributed by atoms with van der Waals surface area (Å²) in [7, 11) is 2.05. The fraction of sp³-hybridized carbons (Fsp3) is 0.150. The molecule has 0 aliphatic carbocycles. The first-order valence-electron chi connectivity index (χ1n) is 8.35. The van der Waals surface area contributed by atoms with Gasteiger partial charge >= 0.3 is 0 Å². The van der Waals surface area contributed by atoms with Gasteiger partial charge in [-0.3, -0.25) is 0 Å². The molecule has 130 valence electrons. The molecule has 0 bridgehead atoms. The maximum atomic E-state index is 5.98. The summed E-state index contributed by atoms with van der Waals surface area (Å²) in [6.45, 7) is 2.74. The number of benzene rings is 2. The zero-order valence-corrected chi connectivity index (χ0v) is 15.4. The van der Waals surface area contributed by atoms with E-state index < -0.39 is 0 Å². The van der Waals surface area contributed by atoms with Crippen molar-refractivity contribution in [3.8, 4) is 11.4 Å². The summed E-state index contributed by atoms with van der Waals surface area (Å²) in [4.78, 5) is 11.3. The molecule has 0 aliphatic rings. The van der Waals surface area contributed by atoms with Gasteiger partial charge in [0.15, 0.2) is 5.82 Å². The van der Waals surface area contributed by atoms with Crippen LogP contribution in [0.3, 0.4) is 0 Å². The van der Waals surface area contributed by atoms with E-state index in [-0.39, 0.29) is 0 Å². The van der Waals surface area contributed by atoms with Crippen molar-refractivity contribution in [3.63, 3.8) is 0 Å². The van der Waals surface area contributed by atoms with E-state index in [1.54, 1.807) is 4.52 Å². The maximum Gasteiger partial charge on any atom is 0.254 e. The Bertz CT molecular complexity index is 1040. The number of anilines is 1. The molecule has 0 saturated heterocycles. The highest BCUT2D eigenvalue weighted by Gasteiger charge is 2.14. The number of hydrogen-bond acceptors (Lipinski definition) is 4. The monoisotopic (exact) mass is 363 g/mol. The van der Waals surface area contributed by atoms with Crippen LogP contribution in [0.5, 0.6) is 0 Å². The Balaban J connectivity index is 1.75. The lowest BCUT2D eigenvalue weighted by Gasteiger charge is -2.20. The summed E-state index contributed by atoms with van der Waals surface area (Å²) in [6, 6.07) is 19.9. The van der Waals surface area contributed by atoms with Crippen molar-refractivity contribution in [2.75, 3.05) is 11.9 Å². The van der Waals surface area contributed by atoms with E-state index in [2.05, 4.69) is 32.1 Å². The molecule has 0 N–H and O–H groups in total. The SMILES string of the molecule is Cc1cc(N(C)Cc2ccccc2)n2nc(-c3ccc(Cl)cc3)nc2n1. The summed E-state index contributed by atoms with van der Waals surface area (Å²) in [5.41, 5.74) is 3.05. The molecule has 0 aliphatic heterocycles. The molecular weight excluding hydrogens is 346 g/mol. The Morgan fingerprint density at radius 2 is 1.73 bits per heavy atom. The maximum absolute atomic E-state index is 5.98. The summed E-state index contributed by atoms with van der Waals surface area (Å²) < 4.78 is 1.79. The zero-order valence-electron chi connectivity index (χ0n) is 14.6. The number of halogens is 1. The summed E-state index contributed by atoms with van der Waals surface area (Å²) in [5, 5.41) is 5.36. The van der Waals surface area contributed by atoms with Gasteiger partial charge in [-0.1, -0.05) is 41.9 Å². The standard InChI is InChI=1S/C20H18ClN5/c1-14-12-18(25(2)13-15-6-4-3-5-7-15)26-20(22-14)23-19(24-26)16-8-10-17(21)11-9-16/h3-12H,13H2,1-2H3. The largest absolute Gasteiger partial charge is 0.355 e. The third-order valence-electron chi connectivity index (χ3n) is 4.18. The van der Waals surface area contributed by atoms with E-state index in [1.165, 1.54) is 5.56 Å². The van der Waals surface area contributed by atoms with Gasteiger partial charge in [-0.15, -0.1) is 5.10 Å². The highest BCUT2D eigenvalue weighted by Crippen LogP contribution is 2.22. The van der Waals surface area contributed by atoms with Crippen molar-refractivity contribution in [2.45, 2.75) is 13.5 Å². The number of aromatic nitrogens is 4. The average Bonchev–Trinajstić information content (AvgIpc) is 3.06. The topological polar surface area (TPSA) is 46.3 Å². The Kier molecular flexibility index (Phi) is 4.31. The lowest BCUT2D eigenvalue weighted by molar-refractivity contribution is 0.829. The van der Waals surface area contributed by atoms with Crippen LogP contribution in [0.4, 0.5) is 5.82 Å². The molecule has 0 fully saturated rings. The van der Waals surface area contributed by atoms with Crippen LogP contribution in [0.2, 0.25) is 5.02 Å². The molecule has 0 unspecified atom stereocenters. The number of hydrogen-bond donors (Lipinski definition) is 0. The molecule has 4 rings (SSSR count). The quantitative estimate of drug-likeness (QED) is 0.539. The van der Waals surface area contributed by atoms with E-state index in [1.807, 2.05) is 62.5 Å². The van der Waals surface area contributed by atoms with Crippen LogP contribution >= 0.6 is 11.6 Å². The van der Waals surface area contributed by atoms with Gasteiger partial charge < -0.3 is 4.90 Å².